The number of thioether (sulfide) groups is 1. The molecule has 2 amide bonds. The minimum Gasteiger partial charge on any atom is -0.378 e. The molecule has 0 saturated carbocycles. The summed E-state index contributed by atoms with van der Waals surface area (Å²) in [4.78, 5) is 29.6. The van der Waals surface area contributed by atoms with Crippen molar-refractivity contribution in [3.63, 3.8) is 0 Å². The Labute approximate surface area is 194 Å². The lowest BCUT2D eigenvalue weighted by Crippen LogP contribution is -2.41. The van der Waals surface area contributed by atoms with Gasteiger partial charge in [-0.05, 0) is 42.3 Å². The Bertz CT molecular complexity index is 1090. The number of halogens is 1. The number of carbonyl (C=O) groups is 2. The second-order valence-corrected chi connectivity index (χ2v) is 9.39. The van der Waals surface area contributed by atoms with Gasteiger partial charge in [0.1, 0.15) is 10.8 Å². The Morgan fingerprint density at radius 1 is 1.09 bits per heavy atom. The van der Waals surface area contributed by atoms with Crippen molar-refractivity contribution in [1.82, 2.24) is 4.90 Å². The molecule has 0 atom stereocenters. The molecule has 0 radical (unpaired) electrons. The number of morpholine rings is 1. The van der Waals surface area contributed by atoms with Gasteiger partial charge in [-0.15, -0.1) is 23.1 Å². The molecule has 166 valence electrons. The average Bonchev–Trinajstić information content (AvgIpc) is 3.14. The van der Waals surface area contributed by atoms with Gasteiger partial charge in [0.15, 0.2) is 0 Å². The van der Waals surface area contributed by atoms with Crippen molar-refractivity contribution in [2.45, 2.75) is 11.8 Å². The molecule has 32 heavy (non-hydrogen) atoms. The summed E-state index contributed by atoms with van der Waals surface area (Å²) in [6.45, 7) is 4.01. The number of hydrogen-bond donors (Lipinski definition) is 1. The van der Waals surface area contributed by atoms with E-state index in [1.165, 1.54) is 35.2 Å². The highest BCUT2D eigenvalue weighted by Crippen LogP contribution is 2.40. The van der Waals surface area contributed by atoms with Gasteiger partial charge in [0.05, 0.1) is 24.5 Å². The maximum Gasteiger partial charge on any atom is 0.257 e. The maximum atomic E-state index is 13.4. The Morgan fingerprint density at radius 3 is 2.47 bits per heavy atom. The molecular formula is C24H23FN2O3S2. The predicted octanol–water partition coefficient (Wildman–Crippen LogP) is 5.07. The molecular weight excluding hydrogens is 447 g/mol. The second kappa shape index (κ2) is 10.3. The summed E-state index contributed by atoms with van der Waals surface area (Å²) in [5, 5.41) is 3.51. The zero-order chi connectivity index (χ0) is 22.5. The topological polar surface area (TPSA) is 58.6 Å². The molecule has 2 heterocycles. The zero-order valence-corrected chi connectivity index (χ0v) is 19.2. The SMILES string of the molecule is Cc1c(-c2ccccc2)sc(NC(=O)CSc2ccc(F)cc2)c1C(=O)N1CCOCC1. The molecule has 8 heteroatoms. The van der Waals surface area contributed by atoms with Crippen molar-refractivity contribution in [3.8, 4) is 10.4 Å². The lowest BCUT2D eigenvalue weighted by Gasteiger charge is -2.27. The summed E-state index contributed by atoms with van der Waals surface area (Å²) in [5.41, 5.74) is 2.40. The summed E-state index contributed by atoms with van der Waals surface area (Å²) in [6, 6.07) is 15.9. The first-order chi connectivity index (χ1) is 15.5. The van der Waals surface area contributed by atoms with Crippen LogP contribution in [0.3, 0.4) is 0 Å². The van der Waals surface area contributed by atoms with Gasteiger partial charge in [-0.2, -0.15) is 0 Å². The molecule has 2 aromatic carbocycles. The van der Waals surface area contributed by atoms with Gasteiger partial charge in [0, 0.05) is 22.9 Å². The van der Waals surface area contributed by atoms with Crippen molar-refractivity contribution in [3.05, 3.63) is 71.5 Å². The highest BCUT2D eigenvalue weighted by molar-refractivity contribution is 8.00. The Morgan fingerprint density at radius 2 is 1.78 bits per heavy atom. The maximum absolute atomic E-state index is 13.4. The van der Waals surface area contributed by atoms with E-state index in [-0.39, 0.29) is 23.4 Å². The predicted molar refractivity (Wildman–Crippen MR) is 127 cm³/mol. The molecule has 5 nitrogen and oxygen atoms in total. The normalized spacial score (nSPS) is 13.8. The van der Waals surface area contributed by atoms with Crippen LogP contribution in [-0.4, -0.2) is 48.8 Å². The smallest absolute Gasteiger partial charge is 0.257 e. The third kappa shape index (κ3) is 5.20. The van der Waals surface area contributed by atoms with Crippen molar-refractivity contribution < 1.29 is 18.7 Å². The van der Waals surface area contributed by atoms with Gasteiger partial charge in [0.2, 0.25) is 5.91 Å². The monoisotopic (exact) mass is 470 g/mol. The highest BCUT2D eigenvalue weighted by Gasteiger charge is 2.27. The highest BCUT2D eigenvalue weighted by atomic mass is 32.2. The van der Waals surface area contributed by atoms with Gasteiger partial charge < -0.3 is 15.0 Å². The lowest BCUT2D eigenvalue weighted by atomic mass is 10.1. The molecule has 0 unspecified atom stereocenters. The van der Waals surface area contributed by atoms with Crippen molar-refractivity contribution >= 4 is 39.9 Å². The Hall–Kier alpha value is -2.68. The number of benzene rings is 2. The minimum absolute atomic E-state index is 0.0919. The van der Waals surface area contributed by atoms with Crippen molar-refractivity contribution in [2.75, 3.05) is 37.4 Å². The van der Waals surface area contributed by atoms with E-state index in [1.54, 1.807) is 17.0 Å². The fourth-order valence-electron chi connectivity index (χ4n) is 3.49. The van der Waals surface area contributed by atoms with E-state index in [4.69, 9.17) is 4.74 Å². The number of ether oxygens (including phenoxy) is 1. The molecule has 1 aromatic heterocycles. The van der Waals surface area contributed by atoms with Gasteiger partial charge in [-0.1, -0.05) is 30.3 Å². The first-order valence-corrected chi connectivity index (χ1v) is 12.1. The lowest BCUT2D eigenvalue weighted by molar-refractivity contribution is -0.113. The molecule has 3 aromatic rings. The Kier molecular flexibility index (Phi) is 7.24. The number of carbonyl (C=O) groups excluding carboxylic acids is 2. The summed E-state index contributed by atoms with van der Waals surface area (Å²) in [5.74, 6) is -0.455. The molecule has 0 bridgehead atoms. The van der Waals surface area contributed by atoms with Crippen LogP contribution >= 0.6 is 23.1 Å². The number of amides is 2. The summed E-state index contributed by atoms with van der Waals surface area (Å²) < 4.78 is 18.5. The van der Waals surface area contributed by atoms with E-state index < -0.39 is 0 Å². The number of thiophene rings is 1. The van der Waals surface area contributed by atoms with Crippen LogP contribution in [0.4, 0.5) is 9.39 Å². The average molecular weight is 471 g/mol. The minimum atomic E-state index is -0.312. The van der Waals surface area contributed by atoms with E-state index in [0.717, 1.165) is 20.9 Å². The van der Waals surface area contributed by atoms with E-state index in [0.29, 0.717) is 36.9 Å². The Balaban J connectivity index is 1.58. The molecule has 0 spiro atoms. The van der Waals surface area contributed by atoms with E-state index in [9.17, 15) is 14.0 Å². The summed E-state index contributed by atoms with van der Waals surface area (Å²) in [7, 11) is 0. The van der Waals surface area contributed by atoms with Crippen LogP contribution in [0.5, 0.6) is 0 Å². The first-order valence-electron chi connectivity index (χ1n) is 10.3. The van der Waals surface area contributed by atoms with Crippen molar-refractivity contribution in [2.24, 2.45) is 0 Å². The number of hydrogen-bond acceptors (Lipinski definition) is 5. The number of rotatable bonds is 6. The second-order valence-electron chi connectivity index (χ2n) is 7.32. The number of anilines is 1. The van der Waals surface area contributed by atoms with Crippen LogP contribution in [-0.2, 0) is 9.53 Å². The van der Waals surface area contributed by atoms with Crippen molar-refractivity contribution in [1.29, 1.82) is 0 Å². The molecule has 1 N–H and O–H groups in total. The fraction of sp³-hybridized carbons (Fsp3) is 0.250. The summed E-state index contributed by atoms with van der Waals surface area (Å²) in [6.07, 6.45) is 0. The molecule has 1 saturated heterocycles. The van der Waals surface area contributed by atoms with E-state index in [2.05, 4.69) is 5.32 Å². The molecule has 4 rings (SSSR count). The van der Waals surface area contributed by atoms with Crippen LogP contribution in [0.25, 0.3) is 10.4 Å². The molecule has 1 fully saturated rings. The van der Waals surface area contributed by atoms with Crippen LogP contribution < -0.4 is 5.32 Å². The third-order valence-electron chi connectivity index (χ3n) is 5.13. The fourth-order valence-corrected chi connectivity index (χ4v) is 5.41. The van der Waals surface area contributed by atoms with E-state index >= 15 is 0 Å². The molecule has 0 aliphatic carbocycles. The van der Waals surface area contributed by atoms with Crippen LogP contribution in [0, 0.1) is 12.7 Å². The third-order valence-corrected chi connectivity index (χ3v) is 7.40. The largest absolute Gasteiger partial charge is 0.378 e. The van der Waals surface area contributed by atoms with Crippen LogP contribution in [0.2, 0.25) is 0 Å². The molecule has 1 aliphatic heterocycles. The first kappa shape index (κ1) is 22.5. The zero-order valence-electron chi connectivity index (χ0n) is 17.6. The van der Waals surface area contributed by atoms with Gasteiger partial charge in [-0.3, -0.25) is 9.59 Å². The number of nitrogens with one attached hydrogen (secondary N) is 1. The van der Waals surface area contributed by atoms with Gasteiger partial charge in [0.25, 0.3) is 5.91 Å². The van der Waals surface area contributed by atoms with Crippen LogP contribution in [0.1, 0.15) is 15.9 Å². The summed E-state index contributed by atoms with van der Waals surface area (Å²) >= 11 is 2.73. The van der Waals surface area contributed by atoms with Crippen LogP contribution in [0.15, 0.2) is 59.5 Å². The van der Waals surface area contributed by atoms with Gasteiger partial charge >= 0.3 is 0 Å². The van der Waals surface area contributed by atoms with Gasteiger partial charge in [-0.25, -0.2) is 4.39 Å². The number of nitrogens with zero attached hydrogens (tertiary/aromatic N) is 1. The van der Waals surface area contributed by atoms with E-state index in [1.807, 2.05) is 37.3 Å². The standard InChI is InChI=1S/C24H23FN2O3S2/c1-16-21(24(29)27-11-13-30-14-12-27)23(32-22(16)17-5-3-2-4-6-17)26-20(28)15-31-19-9-7-18(25)8-10-19/h2-10H,11-15H2,1H3,(H,26,28). The molecule has 1 aliphatic rings. The quantitative estimate of drug-likeness (QED) is 0.512.